The van der Waals surface area contributed by atoms with Crippen LogP contribution in [0, 0.1) is 39.9 Å². The maximum absolute atomic E-state index is 13.4. The van der Waals surface area contributed by atoms with Gasteiger partial charge in [0.2, 0.25) is 0 Å². The van der Waals surface area contributed by atoms with E-state index in [-0.39, 0.29) is 34.3 Å². The van der Waals surface area contributed by atoms with E-state index in [9.17, 15) is 26.3 Å². The fourth-order valence-electron chi connectivity index (χ4n) is 9.06. The third-order valence-electron chi connectivity index (χ3n) is 13.1. The van der Waals surface area contributed by atoms with Crippen molar-refractivity contribution in [3.05, 3.63) is 23.3 Å². The van der Waals surface area contributed by atoms with Crippen molar-refractivity contribution < 1.29 is 30.8 Å². The number of hydrogen-bond acceptors (Lipinski definition) is 1. The van der Waals surface area contributed by atoms with E-state index in [0.29, 0.717) is 31.1 Å². The van der Waals surface area contributed by atoms with Gasteiger partial charge in [-0.05, 0) is 111 Å². The van der Waals surface area contributed by atoms with E-state index in [1.807, 2.05) is 0 Å². The van der Waals surface area contributed by atoms with Crippen molar-refractivity contribution in [2.75, 3.05) is 0 Å². The SMILES string of the molecule is C[C@@H](CCCC(C)(C(F)(F)F)C(F)(F)F)[C@H]1CC[C@H]2C3=CC=C4C[C@@H](O[Si](C)(C)C(C)(C)C)CC[C@]4(C)[C@H]3CC[C@]12C. The minimum absolute atomic E-state index is 0.0451. The summed E-state index contributed by atoms with van der Waals surface area (Å²) < 4.78 is 87.4. The van der Waals surface area contributed by atoms with Crippen LogP contribution in [0.4, 0.5) is 26.3 Å². The molecule has 0 aromatic heterocycles. The summed E-state index contributed by atoms with van der Waals surface area (Å²) in [7, 11) is -1.85. The average molecular weight is 621 g/mol. The Bertz CT molecular complexity index is 1050. The van der Waals surface area contributed by atoms with E-state index in [2.05, 4.69) is 66.8 Å². The van der Waals surface area contributed by atoms with Gasteiger partial charge in [-0.1, -0.05) is 77.7 Å². The van der Waals surface area contributed by atoms with Crippen molar-refractivity contribution >= 4 is 8.32 Å². The van der Waals surface area contributed by atoms with Crippen molar-refractivity contribution in [2.24, 2.45) is 39.9 Å². The third-order valence-corrected chi connectivity index (χ3v) is 17.7. The fourth-order valence-corrected chi connectivity index (χ4v) is 10.4. The average Bonchev–Trinajstić information content (AvgIpc) is 3.19. The number of rotatable bonds is 7. The molecule has 4 aliphatic rings. The zero-order valence-electron chi connectivity index (χ0n) is 27.3. The van der Waals surface area contributed by atoms with Gasteiger partial charge in [0.15, 0.2) is 13.7 Å². The Hall–Kier alpha value is -0.763. The lowest BCUT2D eigenvalue weighted by Crippen LogP contribution is -2.49. The van der Waals surface area contributed by atoms with Gasteiger partial charge < -0.3 is 4.43 Å². The first-order chi connectivity index (χ1) is 19.0. The second-order valence-corrected chi connectivity index (χ2v) is 21.3. The summed E-state index contributed by atoms with van der Waals surface area (Å²) in [6.45, 7) is 18.7. The first-order valence-corrected chi connectivity index (χ1v) is 19.1. The van der Waals surface area contributed by atoms with Crippen molar-refractivity contribution in [3.8, 4) is 0 Å². The lowest BCUT2D eigenvalue weighted by molar-refractivity contribution is -0.337. The minimum atomic E-state index is -5.30. The minimum Gasteiger partial charge on any atom is -0.414 e. The molecule has 242 valence electrons. The maximum atomic E-state index is 13.4. The van der Waals surface area contributed by atoms with Crippen LogP contribution in [0.3, 0.4) is 0 Å². The molecule has 0 bridgehead atoms. The summed E-state index contributed by atoms with van der Waals surface area (Å²) in [5.41, 5.74) is -0.391. The van der Waals surface area contributed by atoms with E-state index in [1.54, 1.807) is 5.57 Å². The molecule has 0 radical (unpaired) electrons. The smallest absolute Gasteiger partial charge is 0.402 e. The van der Waals surface area contributed by atoms with Gasteiger partial charge in [-0.25, -0.2) is 0 Å². The molecule has 4 aliphatic carbocycles. The Morgan fingerprint density at radius 3 is 2.07 bits per heavy atom. The molecule has 4 rings (SSSR count). The molecular weight excluding hydrogens is 566 g/mol. The molecule has 0 aromatic carbocycles. The van der Waals surface area contributed by atoms with E-state index >= 15 is 0 Å². The lowest BCUT2D eigenvalue weighted by Gasteiger charge is -2.56. The summed E-state index contributed by atoms with van der Waals surface area (Å²) in [4.78, 5) is 0. The van der Waals surface area contributed by atoms with Crippen molar-refractivity contribution in [3.63, 3.8) is 0 Å². The zero-order valence-corrected chi connectivity index (χ0v) is 28.3. The van der Waals surface area contributed by atoms with E-state index in [1.165, 1.54) is 5.57 Å². The van der Waals surface area contributed by atoms with Crippen LogP contribution >= 0.6 is 0 Å². The molecule has 3 fully saturated rings. The van der Waals surface area contributed by atoms with Crippen LogP contribution in [0.5, 0.6) is 0 Å². The Morgan fingerprint density at radius 1 is 0.881 bits per heavy atom. The van der Waals surface area contributed by atoms with Crippen LogP contribution in [-0.4, -0.2) is 26.8 Å². The molecule has 0 N–H and O–H groups in total. The molecule has 8 heteroatoms. The van der Waals surface area contributed by atoms with Gasteiger partial charge in [-0.15, -0.1) is 0 Å². The van der Waals surface area contributed by atoms with Gasteiger partial charge in [0.25, 0.3) is 0 Å². The molecule has 7 atom stereocenters. The van der Waals surface area contributed by atoms with E-state index < -0.39 is 32.5 Å². The number of alkyl halides is 6. The van der Waals surface area contributed by atoms with Gasteiger partial charge in [0.1, 0.15) is 0 Å². The highest BCUT2D eigenvalue weighted by atomic mass is 28.4. The van der Waals surface area contributed by atoms with E-state index in [4.69, 9.17) is 4.43 Å². The highest BCUT2D eigenvalue weighted by Gasteiger charge is 2.67. The second kappa shape index (κ2) is 10.9. The predicted molar refractivity (Wildman–Crippen MR) is 160 cm³/mol. The molecule has 0 aromatic rings. The Morgan fingerprint density at radius 2 is 1.50 bits per heavy atom. The van der Waals surface area contributed by atoms with Crippen molar-refractivity contribution in [1.82, 2.24) is 0 Å². The third kappa shape index (κ3) is 5.71. The zero-order chi connectivity index (χ0) is 31.7. The summed E-state index contributed by atoms with van der Waals surface area (Å²) >= 11 is 0. The normalized spacial score (nSPS) is 35.1. The van der Waals surface area contributed by atoms with Crippen LogP contribution < -0.4 is 0 Å². The van der Waals surface area contributed by atoms with Crippen LogP contribution in [0.1, 0.15) is 113 Å². The summed E-state index contributed by atoms with van der Waals surface area (Å²) in [6.07, 6.45) is 1.31. The highest BCUT2D eigenvalue weighted by Crippen LogP contribution is 2.66. The molecule has 0 amide bonds. The second-order valence-electron chi connectivity index (χ2n) is 16.5. The molecule has 3 saturated carbocycles. The van der Waals surface area contributed by atoms with Gasteiger partial charge in [-0.3, -0.25) is 0 Å². The monoisotopic (exact) mass is 620 g/mol. The fraction of sp³-hybridized carbons (Fsp3) is 0.882. The quantitative estimate of drug-likeness (QED) is 0.203. The highest BCUT2D eigenvalue weighted by molar-refractivity contribution is 6.74. The van der Waals surface area contributed by atoms with Crippen LogP contribution in [0.25, 0.3) is 0 Å². The molecular formula is C34H54F6OSi. The summed E-state index contributed by atoms with van der Waals surface area (Å²) in [5.74, 6) is 1.36. The Labute approximate surface area is 251 Å². The first kappa shape index (κ1) is 34.1. The molecule has 0 unspecified atom stereocenters. The maximum Gasteiger partial charge on any atom is 0.402 e. The number of allylic oxidation sites excluding steroid dienone is 3. The Balaban J connectivity index is 1.46. The molecule has 0 spiro atoms. The van der Waals surface area contributed by atoms with Gasteiger partial charge in [0.05, 0.1) is 0 Å². The van der Waals surface area contributed by atoms with Crippen LogP contribution in [0.2, 0.25) is 18.1 Å². The topological polar surface area (TPSA) is 9.23 Å². The largest absolute Gasteiger partial charge is 0.414 e. The lowest BCUT2D eigenvalue weighted by atomic mass is 9.50. The molecule has 0 saturated heterocycles. The molecule has 42 heavy (non-hydrogen) atoms. The molecule has 1 nitrogen and oxygen atoms in total. The van der Waals surface area contributed by atoms with Crippen LogP contribution in [0.15, 0.2) is 23.3 Å². The van der Waals surface area contributed by atoms with Crippen LogP contribution in [-0.2, 0) is 4.43 Å². The molecule has 0 heterocycles. The van der Waals surface area contributed by atoms with Crippen molar-refractivity contribution in [1.29, 1.82) is 0 Å². The van der Waals surface area contributed by atoms with Gasteiger partial charge >= 0.3 is 12.4 Å². The molecule has 0 aliphatic heterocycles. The van der Waals surface area contributed by atoms with Crippen molar-refractivity contribution in [2.45, 2.75) is 149 Å². The van der Waals surface area contributed by atoms with E-state index in [0.717, 1.165) is 44.9 Å². The Kier molecular flexibility index (Phi) is 8.89. The standard InChI is InChI=1S/C34H54F6OSi/c1-22(11-10-18-32(7,33(35,36)37)34(38,39)40)26-14-15-27-25-13-12-23-21-24(41-42(8,9)29(2,3)4)16-19-30(23,5)28(25)17-20-31(26,27)6/h12-13,22,24,26-28H,10-11,14-21H2,1-9H3/t22-,24-,26+,27-,28-,30-,31+/m0/s1. The predicted octanol–water partition coefficient (Wildman–Crippen LogP) is 11.8. The summed E-state index contributed by atoms with van der Waals surface area (Å²) in [6, 6.07) is 0. The summed E-state index contributed by atoms with van der Waals surface area (Å²) in [5, 5.41) is 0.183. The number of fused-ring (bicyclic) bond motifs is 5. The number of hydrogen-bond donors (Lipinski definition) is 0. The van der Waals surface area contributed by atoms with Gasteiger partial charge in [0, 0.05) is 6.10 Å². The van der Waals surface area contributed by atoms with Gasteiger partial charge in [-0.2, -0.15) is 26.3 Å². The number of halogens is 6. The first-order valence-electron chi connectivity index (χ1n) is 16.2.